The fraction of sp³-hybridized carbons (Fsp3) is 0.625. The zero-order chi connectivity index (χ0) is 13.2. The molecule has 0 saturated heterocycles. The van der Waals surface area contributed by atoms with E-state index in [2.05, 4.69) is 61.3 Å². The van der Waals surface area contributed by atoms with Gasteiger partial charge in [-0.3, -0.25) is 4.90 Å². The molecule has 0 aromatic heterocycles. The van der Waals surface area contributed by atoms with Gasteiger partial charge in [0.15, 0.2) is 0 Å². The van der Waals surface area contributed by atoms with E-state index in [9.17, 15) is 0 Å². The van der Waals surface area contributed by atoms with Gasteiger partial charge in [-0.2, -0.15) is 0 Å². The Labute approximate surface area is 112 Å². The van der Waals surface area contributed by atoms with Crippen molar-refractivity contribution >= 4 is 5.69 Å². The van der Waals surface area contributed by atoms with E-state index in [-0.39, 0.29) is 0 Å². The Balaban J connectivity index is 2.32. The van der Waals surface area contributed by atoms with E-state index in [1.807, 2.05) is 0 Å². The van der Waals surface area contributed by atoms with Crippen LogP contribution in [0.1, 0.15) is 40.0 Å². The highest BCUT2D eigenvalue weighted by atomic mass is 15.2. The maximum atomic E-state index is 3.49. The SMILES string of the molecule is CCCCN(CCNc1ccccc1)C(C)CC. The third-order valence-corrected chi connectivity index (χ3v) is 3.51. The Morgan fingerprint density at radius 3 is 2.44 bits per heavy atom. The van der Waals surface area contributed by atoms with Gasteiger partial charge in [0.25, 0.3) is 0 Å². The van der Waals surface area contributed by atoms with Gasteiger partial charge in [-0.25, -0.2) is 0 Å². The van der Waals surface area contributed by atoms with Crippen molar-refractivity contribution in [2.24, 2.45) is 0 Å². The molecule has 1 aromatic carbocycles. The quantitative estimate of drug-likeness (QED) is 0.710. The van der Waals surface area contributed by atoms with Crippen LogP contribution in [-0.4, -0.2) is 30.6 Å². The molecule has 1 rings (SSSR count). The van der Waals surface area contributed by atoms with Crippen LogP contribution in [0, 0.1) is 0 Å². The summed E-state index contributed by atoms with van der Waals surface area (Å²) < 4.78 is 0. The van der Waals surface area contributed by atoms with Crippen molar-refractivity contribution in [2.45, 2.75) is 46.1 Å². The first-order valence-corrected chi connectivity index (χ1v) is 7.30. The van der Waals surface area contributed by atoms with Gasteiger partial charge in [-0.1, -0.05) is 38.5 Å². The predicted octanol–water partition coefficient (Wildman–Crippen LogP) is 4.00. The molecule has 0 spiro atoms. The van der Waals surface area contributed by atoms with Gasteiger partial charge in [0.1, 0.15) is 0 Å². The normalized spacial score (nSPS) is 12.7. The summed E-state index contributed by atoms with van der Waals surface area (Å²) in [6.07, 6.45) is 3.81. The van der Waals surface area contributed by atoms with Gasteiger partial charge in [-0.15, -0.1) is 0 Å². The van der Waals surface area contributed by atoms with Crippen LogP contribution in [0.2, 0.25) is 0 Å². The lowest BCUT2D eigenvalue weighted by Gasteiger charge is -2.28. The number of unbranched alkanes of at least 4 members (excludes halogenated alkanes) is 1. The van der Waals surface area contributed by atoms with E-state index < -0.39 is 0 Å². The molecule has 1 aromatic rings. The summed E-state index contributed by atoms with van der Waals surface area (Å²) in [7, 11) is 0. The highest BCUT2D eigenvalue weighted by Gasteiger charge is 2.10. The van der Waals surface area contributed by atoms with Crippen LogP contribution in [0.4, 0.5) is 5.69 Å². The molecule has 1 N–H and O–H groups in total. The molecule has 0 aliphatic rings. The molecule has 102 valence electrons. The molecule has 1 unspecified atom stereocenters. The van der Waals surface area contributed by atoms with Crippen LogP contribution in [-0.2, 0) is 0 Å². The predicted molar refractivity (Wildman–Crippen MR) is 81.2 cm³/mol. The molecule has 0 saturated carbocycles. The second kappa shape index (κ2) is 8.98. The lowest BCUT2D eigenvalue weighted by molar-refractivity contribution is 0.208. The summed E-state index contributed by atoms with van der Waals surface area (Å²) in [5, 5.41) is 3.49. The number of hydrogen-bond donors (Lipinski definition) is 1. The second-order valence-corrected chi connectivity index (χ2v) is 4.94. The first-order valence-electron chi connectivity index (χ1n) is 7.30. The fourth-order valence-corrected chi connectivity index (χ4v) is 2.07. The number of benzene rings is 1. The first kappa shape index (κ1) is 15.0. The van der Waals surface area contributed by atoms with E-state index >= 15 is 0 Å². The molecule has 0 heterocycles. The van der Waals surface area contributed by atoms with E-state index in [0.29, 0.717) is 6.04 Å². The zero-order valence-electron chi connectivity index (χ0n) is 12.2. The molecule has 0 aliphatic heterocycles. The van der Waals surface area contributed by atoms with Crippen LogP contribution in [0.15, 0.2) is 30.3 Å². The van der Waals surface area contributed by atoms with Gasteiger partial charge in [-0.05, 0) is 38.4 Å². The van der Waals surface area contributed by atoms with E-state index in [0.717, 1.165) is 13.1 Å². The van der Waals surface area contributed by atoms with Crippen molar-refractivity contribution in [3.05, 3.63) is 30.3 Å². The van der Waals surface area contributed by atoms with Gasteiger partial charge < -0.3 is 5.32 Å². The van der Waals surface area contributed by atoms with Gasteiger partial charge in [0.05, 0.1) is 0 Å². The number of rotatable bonds is 9. The monoisotopic (exact) mass is 248 g/mol. The molecular formula is C16H28N2. The van der Waals surface area contributed by atoms with E-state index in [1.165, 1.54) is 31.5 Å². The minimum atomic E-state index is 0.689. The number of para-hydroxylation sites is 1. The number of hydrogen-bond acceptors (Lipinski definition) is 2. The number of nitrogens with one attached hydrogen (secondary N) is 1. The third-order valence-electron chi connectivity index (χ3n) is 3.51. The molecule has 0 bridgehead atoms. The van der Waals surface area contributed by atoms with Crippen molar-refractivity contribution in [1.29, 1.82) is 0 Å². The van der Waals surface area contributed by atoms with Crippen molar-refractivity contribution < 1.29 is 0 Å². The van der Waals surface area contributed by atoms with Gasteiger partial charge in [0, 0.05) is 24.8 Å². The lowest BCUT2D eigenvalue weighted by Crippen LogP contribution is -2.37. The molecule has 2 nitrogen and oxygen atoms in total. The highest BCUT2D eigenvalue weighted by Crippen LogP contribution is 2.07. The summed E-state index contributed by atoms with van der Waals surface area (Å²) in [6.45, 7) is 10.2. The van der Waals surface area contributed by atoms with E-state index in [4.69, 9.17) is 0 Å². The number of anilines is 1. The standard InChI is InChI=1S/C16H28N2/c1-4-6-13-18(15(3)5-2)14-12-17-16-10-8-7-9-11-16/h7-11,15,17H,4-6,12-14H2,1-3H3. The average molecular weight is 248 g/mol. The van der Waals surface area contributed by atoms with Crippen LogP contribution in [0.5, 0.6) is 0 Å². The van der Waals surface area contributed by atoms with Gasteiger partial charge in [0.2, 0.25) is 0 Å². The first-order chi connectivity index (χ1) is 8.77. The van der Waals surface area contributed by atoms with Crippen LogP contribution >= 0.6 is 0 Å². The third kappa shape index (κ3) is 5.54. The van der Waals surface area contributed by atoms with Crippen LogP contribution in [0.25, 0.3) is 0 Å². The van der Waals surface area contributed by atoms with Crippen LogP contribution < -0.4 is 5.32 Å². The summed E-state index contributed by atoms with van der Waals surface area (Å²) in [5.41, 5.74) is 1.22. The highest BCUT2D eigenvalue weighted by molar-refractivity contribution is 5.42. The molecule has 1 atom stereocenters. The molecule has 0 fully saturated rings. The number of nitrogens with zero attached hydrogens (tertiary/aromatic N) is 1. The lowest BCUT2D eigenvalue weighted by atomic mass is 10.2. The molecule has 0 radical (unpaired) electrons. The van der Waals surface area contributed by atoms with E-state index in [1.54, 1.807) is 0 Å². The minimum absolute atomic E-state index is 0.689. The Kier molecular flexibility index (Phi) is 7.51. The minimum Gasteiger partial charge on any atom is -0.384 e. The van der Waals surface area contributed by atoms with Crippen molar-refractivity contribution in [3.63, 3.8) is 0 Å². The van der Waals surface area contributed by atoms with Gasteiger partial charge >= 0.3 is 0 Å². The largest absolute Gasteiger partial charge is 0.384 e. The summed E-state index contributed by atoms with van der Waals surface area (Å²) in [4.78, 5) is 2.60. The molecular weight excluding hydrogens is 220 g/mol. The summed E-state index contributed by atoms with van der Waals surface area (Å²) in [5.74, 6) is 0. The smallest absolute Gasteiger partial charge is 0.0340 e. The van der Waals surface area contributed by atoms with Crippen molar-refractivity contribution in [2.75, 3.05) is 25.0 Å². The molecule has 2 heteroatoms. The van der Waals surface area contributed by atoms with Crippen molar-refractivity contribution in [1.82, 2.24) is 4.90 Å². The van der Waals surface area contributed by atoms with Crippen molar-refractivity contribution in [3.8, 4) is 0 Å². The zero-order valence-corrected chi connectivity index (χ0v) is 12.2. The Morgan fingerprint density at radius 2 is 1.83 bits per heavy atom. The summed E-state index contributed by atoms with van der Waals surface area (Å²) in [6, 6.07) is 11.1. The molecule has 0 amide bonds. The average Bonchev–Trinajstić information content (AvgIpc) is 2.43. The molecule has 0 aliphatic carbocycles. The summed E-state index contributed by atoms with van der Waals surface area (Å²) >= 11 is 0. The Morgan fingerprint density at radius 1 is 1.11 bits per heavy atom. The second-order valence-electron chi connectivity index (χ2n) is 4.94. The topological polar surface area (TPSA) is 15.3 Å². The Bertz CT molecular complexity index is 297. The Hall–Kier alpha value is -1.02. The maximum Gasteiger partial charge on any atom is 0.0340 e. The molecule has 18 heavy (non-hydrogen) atoms. The fourth-order valence-electron chi connectivity index (χ4n) is 2.07. The maximum absolute atomic E-state index is 3.49. The van der Waals surface area contributed by atoms with Crippen LogP contribution in [0.3, 0.4) is 0 Å².